The fourth-order valence-electron chi connectivity index (χ4n) is 1.72. The number of nitrogens with zero attached hydrogens (tertiary/aromatic N) is 1. The smallest absolute Gasteiger partial charge is 0.167 e. The standard InChI is InChI=1S/C15H12F2N2OS/c1-2-21-15-5-3-4-13(9(15)8-18)20-14-7-10(16)12(19)6-11(14)17/h3-7H,2,19H2,1H3. The molecule has 2 aromatic rings. The van der Waals surface area contributed by atoms with Gasteiger partial charge >= 0.3 is 0 Å². The van der Waals surface area contributed by atoms with Crippen LogP contribution in [0.4, 0.5) is 14.5 Å². The number of benzene rings is 2. The van der Waals surface area contributed by atoms with E-state index in [-0.39, 0.29) is 17.2 Å². The molecule has 6 heteroatoms. The van der Waals surface area contributed by atoms with E-state index in [4.69, 9.17) is 10.5 Å². The Bertz CT molecular complexity index is 714. The van der Waals surface area contributed by atoms with Crippen LogP contribution in [0, 0.1) is 23.0 Å². The quantitative estimate of drug-likeness (QED) is 0.675. The number of halogens is 2. The summed E-state index contributed by atoms with van der Waals surface area (Å²) < 4.78 is 32.5. The topological polar surface area (TPSA) is 59.0 Å². The molecule has 2 aromatic carbocycles. The van der Waals surface area contributed by atoms with Crippen LogP contribution in [0.5, 0.6) is 11.5 Å². The van der Waals surface area contributed by atoms with E-state index in [1.807, 2.05) is 13.0 Å². The maximum absolute atomic E-state index is 13.7. The Kier molecular flexibility index (Phi) is 4.66. The van der Waals surface area contributed by atoms with Crippen molar-refractivity contribution in [1.82, 2.24) is 0 Å². The summed E-state index contributed by atoms with van der Waals surface area (Å²) in [5, 5.41) is 9.24. The first-order valence-electron chi connectivity index (χ1n) is 6.15. The van der Waals surface area contributed by atoms with Crippen molar-refractivity contribution < 1.29 is 13.5 Å². The second-order valence-electron chi connectivity index (χ2n) is 4.08. The lowest BCUT2D eigenvalue weighted by molar-refractivity contribution is 0.435. The zero-order valence-electron chi connectivity index (χ0n) is 11.2. The molecule has 0 heterocycles. The van der Waals surface area contributed by atoms with Gasteiger partial charge in [-0.05, 0) is 17.9 Å². The number of rotatable bonds is 4. The lowest BCUT2D eigenvalue weighted by atomic mass is 10.2. The molecule has 0 radical (unpaired) electrons. The molecule has 2 rings (SSSR count). The molecular weight excluding hydrogens is 294 g/mol. The van der Waals surface area contributed by atoms with Crippen LogP contribution in [-0.2, 0) is 0 Å². The molecule has 0 aromatic heterocycles. The third-order valence-electron chi connectivity index (χ3n) is 2.67. The van der Waals surface area contributed by atoms with Gasteiger partial charge in [0, 0.05) is 17.0 Å². The zero-order valence-corrected chi connectivity index (χ0v) is 12.0. The minimum Gasteiger partial charge on any atom is -0.453 e. The van der Waals surface area contributed by atoms with Gasteiger partial charge in [0.05, 0.1) is 5.69 Å². The van der Waals surface area contributed by atoms with Gasteiger partial charge in [-0.1, -0.05) is 13.0 Å². The van der Waals surface area contributed by atoms with Gasteiger partial charge in [0.25, 0.3) is 0 Å². The van der Waals surface area contributed by atoms with Gasteiger partial charge in [0.1, 0.15) is 23.2 Å². The van der Waals surface area contributed by atoms with Gasteiger partial charge in [-0.2, -0.15) is 5.26 Å². The third-order valence-corrected chi connectivity index (χ3v) is 3.61. The molecule has 0 aliphatic rings. The van der Waals surface area contributed by atoms with E-state index in [1.54, 1.807) is 12.1 Å². The van der Waals surface area contributed by atoms with Crippen molar-refractivity contribution in [3.63, 3.8) is 0 Å². The van der Waals surface area contributed by atoms with E-state index in [0.717, 1.165) is 22.8 Å². The maximum atomic E-state index is 13.7. The molecule has 0 bridgehead atoms. The summed E-state index contributed by atoms with van der Waals surface area (Å²) >= 11 is 1.47. The number of hydrogen-bond donors (Lipinski definition) is 1. The molecule has 21 heavy (non-hydrogen) atoms. The summed E-state index contributed by atoms with van der Waals surface area (Å²) in [6.07, 6.45) is 0. The van der Waals surface area contributed by atoms with Gasteiger partial charge in [0.15, 0.2) is 11.6 Å². The van der Waals surface area contributed by atoms with Crippen molar-refractivity contribution in [3.8, 4) is 17.6 Å². The van der Waals surface area contributed by atoms with Crippen LogP contribution in [0.15, 0.2) is 35.2 Å². The molecule has 0 fully saturated rings. The van der Waals surface area contributed by atoms with Crippen LogP contribution in [0.25, 0.3) is 0 Å². The molecule has 0 unspecified atom stereocenters. The molecule has 3 nitrogen and oxygen atoms in total. The Balaban J connectivity index is 2.43. The first-order chi connectivity index (χ1) is 10.1. The molecular formula is C15H12F2N2OS. The summed E-state index contributed by atoms with van der Waals surface area (Å²) in [7, 11) is 0. The minimum atomic E-state index is -0.786. The Hall–Kier alpha value is -2.26. The Morgan fingerprint density at radius 3 is 2.67 bits per heavy atom. The van der Waals surface area contributed by atoms with Crippen molar-refractivity contribution in [3.05, 3.63) is 47.5 Å². The second-order valence-corrected chi connectivity index (χ2v) is 5.39. The minimum absolute atomic E-state index is 0.180. The van der Waals surface area contributed by atoms with E-state index in [2.05, 4.69) is 0 Å². The lowest BCUT2D eigenvalue weighted by Gasteiger charge is -2.11. The summed E-state index contributed by atoms with van der Waals surface area (Å²) in [6, 6.07) is 8.75. The normalized spacial score (nSPS) is 10.2. The van der Waals surface area contributed by atoms with Crippen LogP contribution < -0.4 is 10.5 Å². The second kappa shape index (κ2) is 6.46. The predicted octanol–water partition coefficient (Wildman–Crippen LogP) is 4.32. The van der Waals surface area contributed by atoms with Crippen LogP contribution in [0.1, 0.15) is 12.5 Å². The van der Waals surface area contributed by atoms with E-state index in [1.165, 1.54) is 17.8 Å². The molecule has 0 aliphatic carbocycles. The first-order valence-corrected chi connectivity index (χ1v) is 7.13. The van der Waals surface area contributed by atoms with Crippen molar-refractivity contribution >= 4 is 17.4 Å². The lowest BCUT2D eigenvalue weighted by Crippen LogP contribution is -1.97. The molecule has 0 atom stereocenters. The third kappa shape index (κ3) is 3.26. The number of ether oxygens (including phenoxy) is 1. The average molecular weight is 306 g/mol. The number of thioether (sulfide) groups is 1. The number of hydrogen-bond acceptors (Lipinski definition) is 4. The summed E-state index contributed by atoms with van der Waals surface area (Å²) in [4.78, 5) is 0.730. The molecule has 0 saturated heterocycles. The van der Waals surface area contributed by atoms with Crippen molar-refractivity contribution in [2.75, 3.05) is 11.5 Å². The van der Waals surface area contributed by atoms with Gasteiger partial charge in [0.2, 0.25) is 0 Å². The summed E-state index contributed by atoms with van der Waals surface area (Å²) in [5.41, 5.74) is 5.27. The fourth-order valence-corrected chi connectivity index (χ4v) is 2.50. The highest BCUT2D eigenvalue weighted by molar-refractivity contribution is 7.99. The molecule has 0 spiro atoms. The SMILES string of the molecule is CCSc1cccc(Oc2cc(F)c(N)cc2F)c1C#N. The van der Waals surface area contributed by atoms with Crippen LogP contribution in [-0.4, -0.2) is 5.75 Å². The number of anilines is 1. The van der Waals surface area contributed by atoms with Gasteiger partial charge in [-0.25, -0.2) is 8.78 Å². The zero-order chi connectivity index (χ0) is 15.4. The van der Waals surface area contributed by atoms with Crippen molar-refractivity contribution in [2.24, 2.45) is 0 Å². The number of nitrogen functional groups attached to an aromatic ring is 1. The highest BCUT2D eigenvalue weighted by atomic mass is 32.2. The monoisotopic (exact) mass is 306 g/mol. The Morgan fingerprint density at radius 2 is 2.00 bits per heavy atom. The number of nitriles is 1. The maximum Gasteiger partial charge on any atom is 0.167 e. The van der Waals surface area contributed by atoms with E-state index in [9.17, 15) is 14.0 Å². The van der Waals surface area contributed by atoms with Gasteiger partial charge in [-0.3, -0.25) is 0 Å². The van der Waals surface area contributed by atoms with Crippen LogP contribution in [0.3, 0.4) is 0 Å². The molecule has 0 aliphatic heterocycles. The highest BCUT2D eigenvalue weighted by Gasteiger charge is 2.14. The summed E-state index contributed by atoms with van der Waals surface area (Å²) in [5.74, 6) is -0.908. The molecule has 2 N–H and O–H groups in total. The van der Waals surface area contributed by atoms with Gasteiger partial charge < -0.3 is 10.5 Å². The van der Waals surface area contributed by atoms with Crippen LogP contribution >= 0.6 is 11.8 Å². The van der Waals surface area contributed by atoms with E-state index in [0.29, 0.717) is 5.56 Å². The largest absolute Gasteiger partial charge is 0.453 e. The van der Waals surface area contributed by atoms with E-state index < -0.39 is 11.6 Å². The molecule has 0 amide bonds. The Labute approximate surface area is 125 Å². The number of nitrogens with two attached hydrogens (primary N) is 1. The van der Waals surface area contributed by atoms with Crippen molar-refractivity contribution in [2.45, 2.75) is 11.8 Å². The average Bonchev–Trinajstić information content (AvgIpc) is 2.45. The predicted molar refractivity (Wildman–Crippen MR) is 78.4 cm³/mol. The summed E-state index contributed by atoms with van der Waals surface area (Å²) in [6.45, 7) is 1.95. The fraction of sp³-hybridized carbons (Fsp3) is 0.133. The molecule has 0 saturated carbocycles. The highest BCUT2D eigenvalue weighted by Crippen LogP contribution is 2.34. The van der Waals surface area contributed by atoms with E-state index >= 15 is 0 Å². The molecule has 108 valence electrons. The van der Waals surface area contributed by atoms with Crippen LogP contribution in [0.2, 0.25) is 0 Å². The van der Waals surface area contributed by atoms with Gasteiger partial charge in [-0.15, -0.1) is 11.8 Å². The van der Waals surface area contributed by atoms with Crippen molar-refractivity contribution in [1.29, 1.82) is 5.26 Å². The first kappa shape index (κ1) is 15.1. The Morgan fingerprint density at radius 1 is 1.24 bits per heavy atom.